The quantitative estimate of drug-likeness (QED) is 0.159. The third kappa shape index (κ3) is 6.92. The van der Waals surface area contributed by atoms with Crippen molar-refractivity contribution in [3.63, 3.8) is 0 Å². The van der Waals surface area contributed by atoms with Crippen molar-refractivity contribution < 1.29 is 0 Å². The molecule has 0 spiro atoms. The molecule has 68 heavy (non-hydrogen) atoms. The van der Waals surface area contributed by atoms with Crippen molar-refractivity contribution in [3.05, 3.63) is 191 Å². The lowest BCUT2D eigenvalue weighted by Crippen LogP contribution is -2.62. The van der Waals surface area contributed by atoms with Crippen molar-refractivity contribution in [3.8, 4) is 11.1 Å². The topological polar surface area (TPSA) is 9.72 Å². The van der Waals surface area contributed by atoms with Crippen LogP contribution in [0.4, 0.5) is 45.5 Å². The van der Waals surface area contributed by atoms with Crippen LogP contribution in [0.25, 0.3) is 21.9 Å². The van der Waals surface area contributed by atoms with E-state index in [1.54, 1.807) is 0 Å². The standard InChI is InChI=1S/C64H66BN3/c1-40(2)43-34-52-51-39-49(66(47-28-24-44(25-29-47)61(3,4)5)48-30-26-45(27-31-48)62(6,7)8)32-33-56(51)68(50-21-16-20-46(38-50)63(9,10)11)65-55-23-17-22-53-60(55)67(58(37-43)59(52)65)57-36-42-19-15-14-18-41(42)35-54(57)64(53,12)13/h14-40H,1-13H3. The predicted molar refractivity (Wildman–Crippen MR) is 295 cm³/mol. The molecular weight excluding hydrogens is 822 g/mol. The van der Waals surface area contributed by atoms with Gasteiger partial charge in [0.2, 0.25) is 0 Å². The maximum Gasteiger partial charge on any atom is 0.333 e. The van der Waals surface area contributed by atoms with Gasteiger partial charge in [0.05, 0.1) is 5.69 Å². The van der Waals surface area contributed by atoms with Crippen molar-refractivity contribution >= 4 is 74.0 Å². The Labute approximate surface area is 406 Å². The van der Waals surface area contributed by atoms with Crippen LogP contribution in [0.1, 0.15) is 129 Å². The van der Waals surface area contributed by atoms with Gasteiger partial charge in [-0.3, -0.25) is 0 Å². The van der Waals surface area contributed by atoms with Gasteiger partial charge in [-0.15, -0.1) is 0 Å². The van der Waals surface area contributed by atoms with Gasteiger partial charge in [0, 0.05) is 50.8 Å². The molecule has 0 radical (unpaired) electrons. The number of nitrogens with zero attached hydrogens (tertiary/aromatic N) is 3. The number of fused-ring (bicyclic) bond motifs is 7. The van der Waals surface area contributed by atoms with Crippen LogP contribution in [0, 0.1) is 0 Å². The molecule has 0 unspecified atom stereocenters. The third-order valence-electron chi connectivity index (χ3n) is 15.4. The van der Waals surface area contributed by atoms with E-state index in [2.05, 4.69) is 262 Å². The highest BCUT2D eigenvalue weighted by Crippen LogP contribution is 2.56. The van der Waals surface area contributed by atoms with Crippen LogP contribution in [-0.2, 0) is 21.7 Å². The summed E-state index contributed by atoms with van der Waals surface area (Å²) in [7, 11) is 0. The molecule has 0 amide bonds. The maximum absolute atomic E-state index is 2.69. The molecule has 0 bridgehead atoms. The van der Waals surface area contributed by atoms with Crippen molar-refractivity contribution in [1.29, 1.82) is 0 Å². The fraction of sp³-hybridized carbons (Fsp3) is 0.281. The molecule has 0 N–H and O–H groups in total. The van der Waals surface area contributed by atoms with Gasteiger partial charge < -0.3 is 14.6 Å². The summed E-state index contributed by atoms with van der Waals surface area (Å²) in [5.74, 6) is 0.316. The van der Waals surface area contributed by atoms with Crippen LogP contribution in [0.5, 0.6) is 0 Å². The summed E-state index contributed by atoms with van der Waals surface area (Å²) in [5.41, 5.74) is 22.9. The molecule has 0 aliphatic carbocycles. The summed E-state index contributed by atoms with van der Waals surface area (Å²) in [6.45, 7) is 30.2. The zero-order valence-corrected chi connectivity index (χ0v) is 42.5. The Bertz CT molecular complexity index is 3240. The Kier molecular flexibility index (Phi) is 9.87. The molecule has 340 valence electrons. The molecule has 3 nitrogen and oxygen atoms in total. The van der Waals surface area contributed by atoms with E-state index in [1.807, 2.05) is 0 Å². The predicted octanol–water partition coefficient (Wildman–Crippen LogP) is 16.7. The third-order valence-corrected chi connectivity index (χ3v) is 15.4. The number of benzene rings is 8. The highest BCUT2D eigenvalue weighted by molar-refractivity contribution is 6.93. The van der Waals surface area contributed by atoms with Crippen molar-refractivity contribution in [2.75, 3.05) is 14.6 Å². The Balaban J connectivity index is 1.22. The average Bonchev–Trinajstić information content (AvgIpc) is 3.30. The summed E-state index contributed by atoms with van der Waals surface area (Å²) in [6, 6.07) is 61.2. The van der Waals surface area contributed by atoms with E-state index in [4.69, 9.17) is 0 Å². The van der Waals surface area contributed by atoms with Gasteiger partial charge in [-0.2, -0.15) is 0 Å². The number of rotatable bonds is 5. The van der Waals surface area contributed by atoms with E-state index >= 15 is 0 Å². The molecule has 0 saturated heterocycles. The van der Waals surface area contributed by atoms with E-state index < -0.39 is 0 Å². The minimum atomic E-state index is -0.227. The second kappa shape index (κ2) is 15.2. The Morgan fingerprint density at radius 3 is 1.68 bits per heavy atom. The summed E-state index contributed by atoms with van der Waals surface area (Å²) >= 11 is 0. The molecule has 8 aromatic rings. The number of anilines is 8. The van der Waals surface area contributed by atoms with Crippen molar-refractivity contribution in [2.24, 2.45) is 0 Å². The average molecular weight is 888 g/mol. The summed E-state index contributed by atoms with van der Waals surface area (Å²) in [6.07, 6.45) is 0. The zero-order valence-electron chi connectivity index (χ0n) is 42.5. The lowest BCUT2D eigenvalue weighted by atomic mass is 9.42. The Morgan fingerprint density at radius 1 is 0.485 bits per heavy atom. The molecule has 11 rings (SSSR count). The maximum atomic E-state index is 2.69. The largest absolute Gasteiger partial charge is 0.376 e. The number of para-hydroxylation sites is 1. The molecule has 4 heteroatoms. The van der Waals surface area contributed by atoms with Crippen LogP contribution in [0.2, 0.25) is 0 Å². The van der Waals surface area contributed by atoms with Crippen LogP contribution in [-0.4, -0.2) is 6.85 Å². The first kappa shape index (κ1) is 44.0. The van der Waals surface area contributed by atoms with Gasteiger partial charge in [0.1, 0.15) is 0 Å². The van der Waals surface area contributed by atoms with E-state index in [0.29, 0.717) is 5.92 Å². The van der Waals surface area contributed by atoms with Gasteiger partial charge in [-0.25, -0.2) is 0 Å². The highest BCUT2D eigenvalue weighted by atomic mass is 15.2. The van der Waals surface area contributed by atoms with Gasteiger partial charge in [-0.1, -0.05) is 175 Å². The minimum Gasteiger partial charge on any atom is -0.376 e. The highest BCUT2D eigenvalue weighted by Gasteiger charge is 2.50. The first-order valence-electron chi connectivity index (χ1n) is 24.9. The van der Waals surface area contributed by atoms with Crippen LogP contribution < -0.4 is 25.5 Å². The lowest BCUT2D eigenvalue weighted by molar-refractivity contribution is 0.590. The normalized spacial score (nSPS) is 14.7. The Morgan fingerprint density at radius 2 is 1.07 bits per heavy atom. The van der Waals surface area contributed by atoms with Crippen LogP contribution in [0.3, 0.4) is 0 Å². The molecule has 0 fully saturated rings. The zero-order chi connectivity index (χ0) is 47.8. The van der Waals surface area contributed by atoms with Gasteiger partial charge >= 0.3 is 6.85 Å². The smallest absolute Gasteiger partial charge is 0.333 e. The minimum absolute atomic E-state index is 0.0227. The first-order valence-corrected chi connectivity index (χ1v) is 24.9. The van der Waals surface area contributed by atoms with E-state index in [1.165, 1.54) is 94.6 Å². The summed E-state index contributed by atoms with van der Waals surface area (Å²) < 4.78 is 0. The number of hydrogen-bond donors (Lipinski definition) is 0. The fourth-order valence-corrected chi connectivity index (χ4v) is 11.4. The second-order valence-electron chi connectivity index (χ2n) is 23.8. The SMILES string of the molecule is CC(C)c1cc2c3c(c1)N1c4cc5ccccc5cc4C(C)(C)c4cccc(c41)B3N(c1cccc(C(C)(C)C)c1)c1ccc(N(c3ccc(C(C)(C)C)cc3)c3ccc(C(C)(C)C)cc3)cc1-2. The monoisotopic (exact) mass is 888 g/mol. The number of hydrogen-bond acceptors (Lipinski definition) is 3. The Hall–Kier alpha value is -6.52. The molecule has 0 atom stereocenters. The lowest BCUT2D eigenvalue weighted by Gasteiger charge is -2.51. The second-order valence-corrected chi connectivity index (χ2v) is 23.8. The molecule has 0 aromatic heterocycles. The fourth-order valence-electron chi connectivity index (χ4n) is 11.4. The van der Waals surface area contributed by atoms with Gasteiger partial charge in [0.15, 0.2) is 0 Å². The van der Waals surface area contributed by atoms with Crippen molar-refractivity contribution in [1.82, 2.24) is 0 Å². The van der Waals surface area contributed by atoms with Gasteiger partial charge in [0.25, 0.3) is 0 Å². The summed E-state index contributed by atoms with van der Waals surface area (Å²) in [5, 5.41) is 2.55. The first-order chi connectivity index (χ1) is 32.2. The molecule has 3 heterocycles. The van der Waals surface area contributed by atoms with E-state index in [-0.39, 0.29) is 28.5 Å². The molecule has 0 saturated carbocycles. The molecular formula is C64H66BN3. The molecule has 8 aromatic carbocycles. The van der Waals surface area contributed by atoms with Crippen LogP contribution >= 0.6 is 0 Å². The van der Waals surface area contributed by atoms with E-state index in [0.717, 1.165) is 17.1 Å². The van der Waals surface area contributed by atoms with Crippen LogP contribution in [0.15, 0.2) is 158 Å². The molecule has 3 aliphatic rings. The summed E-state index contributed by atoms with van der Waals surface area (Å²) in [4.78, 5) is 7.81. The van der Waals surface area contributed by atoms with Crippen molar-refractivity contribution in [2.45, 2.75) is 118 Å². The van der Waals surface area contributed by atoms with Gasteiger partial charge in [-0.05, 0) is 156 Å². The van der Waals surface area contributed by atoms with E-state index in [9.17, 15) is 0 Å². The molecule has 3 aliphatic heterocycles.